The predicted octanol–water partition coefficient (Wildman–Crippen LogP) is 3.91. The van der Waals surface area contributed by atoms with Crippen LogP contribution in [0.3, 0.4) is 0 Å². The number of fused-ring (bicyclic) bond motifs is 3. The molecule has 0 aliphatic heterocycles. The maximum Gasteiger partial charge on any atom is 0.260 e. The van der Waals surface area contributed by atoms with E-state index in [9.17, 15) is 9.59 Å². The highest BCUT2D eigenvalue weighted by Crippen LogP contribution is 2.36. The Morgan fingerprint density at radius 1 is 1.39 bits per heavy atom. The first-order valence-electron chi connectivity index (χ1n) is 9.54. The van der Waals surface area contributed by atoms with Crippen molar-refractivity contribution in [1.29, 1.82) is 0 Å². The van der Waals surface area contributed by atoms with Crippen molar-refractivity contribution in [2.45, 2.75) is 50.1 Å². The van der Waals surface area contributed by atoms with Gasteiger partial charge in [-0.25, -0.2) is 4.98 Å². The third kappa shape index (κ3) is 4.00. The molecule has 1 aliphatic rings. The molecular weight excluding hydrogens is 390 g/mol. The Hall–Kier alpha value is -2.12. The number of rotatable bonds is 5. The number of amides is 1. The van der Waals surface area contributed by atoms with Gasteiger partial charge in [0.1, 0.15) is 4.83 Å². The number of benzene rings is 1. The van der Waals surface area contributed by atoms with Crippen molar-refractivity contribution in [1.82, 2.24) is 15.3 Å². The van der Waals surface area contributed by atoms with Crippen molar-refractivity contribution in [3.63, 3.8) is 0 Å². The number of H-pyrrole nitrogens is 1. The summed E-state index contributed by atoms with van der Waals surface area (Å²) in [4.78, 5) is 34.7. The fourth-order valence-corrected chi connectivity index (χ4v) is 5.80. The average molecular weight is 414 g/mol. The van der Waals surface area contributed by atoms with Gasteiger partial charge in [-0.05, 0) is 43.2 Å². The molecule has 28 heavy (non-hydrogen) atoms. The van der Waals surface area contributed by atoms with Gasteiger partial charge in [-0.3, -0.25) is 9.59 Å². The lowest BCUT2D eigenvalue weighted by Gasteiger charge is -2.17. The highest BCUT2D eigenvalue weighted by atomic mass is 32.2. The minimum atomic E-state index is -0.348. The third-order valence-electron chi connectivity index (χ3n) is 5.11. The predicted molar refractivity (Wildman–Crippen MR) is 115 cm³/mol. The van der Waals surface area contributed by atoms with Gasteiger partial charge in [0.25, 0.3) is 5.56 Å². The Kier molecular flexibility index (Phi) is 5.55. The third-order valence-corrected chi connectivity index (χ3v) is 7.24. The molecule has 5 nitrogen and oxygen atoms in total. The van der Waals surface area contributed by atoms with E-state index in [1.807, 2.05) is 37.3 Å². The fraction of sp³-hybridized carbons (Fsp3) is 0.381. The second-order valence-corrected chi connectivity index (χ2v) is 9.78. The summed E-state index contributed by atoms with van der Waals surface area (Å²) in [6, 6.07) is 9.80. The number of thiophene rings is 1. The normalized spacial score (nSPS) is 17.3. The molecule has 2 N–H and O–H groups in total. The molecule has 2 atom stereocenters. The van der Waals surface area contributed by atoms with Gasteiger partial charge < -0.3 is 10.3 Å². The Balaban J connectivity index is 1.48. The van der Waals surface area contributed by atoms with Crippen LogP contribution < -0.4 is 10.9 Å². The summed E-state index contributed by atoms with van der Waals surface area (Å²) in [7, 11) is 0. The van der Waals surface area contributed by atoms with Gasteiger partial charge >= 0.3 is 0 Å². The Labute approximate surface area is 172 Å². The molecule has 1 aromatic carbocycles. The zero-order valence-corrected chi connectivity index (χ0v) is 17.6. The summed E-state index contributed by atoms with van der Waals surface area (Å²) in [6.45, 7) is 4.57. The summed E-state index contributed by atoms with van der Waals surface area (Å²) < 4.78 is 0. The van der Waals surface area contributed by atoms with E-state index in [0.29, 0.717) is 17.6 Å². The molecule has 1 aliphatic carbocycles. The molecule has 2 heterocycles. The average Bonchev–Trinajstić information content (AvgIpc) is 3.04. The summed E-state index contributed by atoms with van der Waals surface area (Å²) >= 11 is 2.92. The van der Waals surface area contributed by atoms with E-state index in [1.54, 1.807) is 11.3 Å². The Morgan fingerprint density at radius 2 is 2.18 bits per heavy atom. The highest BCUT2D eigenvalue weighted by molar-refractivity contribution is 8.00. The minimum absolute atomic E-state index is 0.0732. The van der Waals surface area contributed by atoms with Crippen LogP contribution in [0.1, 0.15) is 36.3 Å². The van der Waals surface area contributed by atoms with E-state index in [-0.39, 0.29) is 16.7 Å². The molecule has 2 aromatic heterocycles. The standard InChI is InChI=1S/C21H23N3O2S2/c1-12-8-9-15-16(10-12)28-20-17(15)19(26)23-21(24-20)27-13(2)18(25)22-11-14-6-4-3-5-7-14/h3-7,12-13H,8-11H2,1-2H3,(H,22,25)(H,23,24,26)/t12-,13-/m0/s1. The largest absolute Gasteiger partial charge is 0.351 e. The van der Waals surface area contributed by atoms with E-state index < -0.39 is 0 Å². The fourth-order valence-electron chi connectivity index (χ4n) is 3.53. The minimum Gasteiger partial charge on any atom is -0.351 e. The monoisotopic (exact) mass is 413 g/mol. The molecule has 0 saturated carbocycles. The lowest BCUT2D eigenvalue weighted by Crippen LogP contribution is -2.30. The molecule has 0 fully saturated rings. The Bertz CT molecular complexity index is 1060. The van der Waals surface area contributed by atoms with Crippen LogP contribution in [0.15, 0.2) is 40.3 Å². The molecule has 0 saturated heterocycles. The molecule has 7 heteroatoms. The lowest BCUT2D eigenvalue weighted by atomic mass is 9.89. The van der Waals surface area contributed by atoms with Crippen LogP contribution in [0.5, 0.6) is 0 Å². The van der Waals surface area contributed by atoms with Gasteiger partial charge in [0.2, 0.25) is 5.91 Å². The van der Waals surface area contributed by atoms with Crippen molar-refractivity contribution in [2.75, 3.05) is 0 Å². The second-order valence-electron chi connectivity index (χ2n) is 7.37. The van der Waals surface area contributed by atoms with E-state index in [2.05, 4.69) is 22.2 Å². The quantitative estimate of drug-likeness (QED) is 0.491. The number of aromatic amines is 1. The second kappa shape index (κ2) is 8.09. The maximum absolute atomic E-state index is 12.7. The Morgan fingerprint density at radius 3 is 2.96 bits per heavy atom. The number of aromatic nitrogens is 2. The van der Waals surface area contributed by atoms with Gasteiger partial charge in [-0.2, -0.15) is 0 Å². The van der Waals surface area contributed by atoms with E-state index in [0.717, 1.165) is 35.0 Å². The first kappa shape index (κ1) is 19.2. The number of nitrogens with one attached hydrogen (secondary N) is 2. The molecule has 0 bridgehead atoms. The van der Waals surface area contributed by atoms with E-state index in [1.165, 1.54) is 22.2 Å². The van der Waals surface area contributed by atoms with Crippen LogP contribution in [-0.4, -0.2) is 21.1 Å². The van der Waals surface area contributed by atoms with Crippen LogP contribution in [0.25, 0.3) is 10.2 Å². The van der Waals surface area contributed by atoms with Crippen molar-refractivity contribution in [2.24, 2.45) is 5.92 Å². The number of hydrogen-bond acceptors (Lipinski definition) is 5. The first-order chi connectivity index (χ1) is 13.5. The molecule has 0 radical (unpaired) electrons. The number of aryl methyl sites for hydroxylation is 1. The SMILES string of the molecule is C[C@H]1CCc2c(sc3nc(S[C@@H](C)C(=O)NCc4ccccc4)[nH]c(=O)c23)C1. The number of carbonyl (C=O) groups is 1. The van der Waals surface area contributed by atoms with Gasteiger partial charge in [-0.1, -0.05) is 49.0 Å². The summed E-state index contributed by atoms with van der Waals surface area (Å²) in [5, 5.41) is 3.84. The maximum atomic E-state index is 12.7. The van der Waals surface area contributed by atoms with Crippen LogP contribution >= 0.6 is 23.1 Å². The summed E-state index contributed by atoms with van der Waals surface area (Å²) in [6.07, 6.45) is 3.09. The van der Waals surface area contributed by atoms with E-state index >= 15 is 0 Å². The van der Waals surface area contributed by atoms with Gasteiger partial charge in [0.15, 0.2) is 5.16 Å². The molecule has 3 aromatic rings. The van der Waals surface area contributed by atoms with Crippen molar-refractivity contribution >= 4 is 39.2 Å². The van der Waals surface area contributed by atoms with Crippen molar-refractivity contribution < 1.29 is 4.79 Å². The lowest BCUT2D eigenvalue weighted by molar-refractivity contribution is -0.120. The van der Waals surface area contributed by atoms with E-state index in [4.69, 9.17) is 0 Å². The number of carbonyl (C=O) groups excluding carboxylic acids is 1. The van der Waals surface area contributed by atoms with Crippen LogP contribution in [-0.2, 0) is 24.2 Å². The number of hydrogen-bond donors (Lipinski definition) is 2. The topological polar surface area (TPSA) is 74.8 Å². The first-order valence-corrected chi connectivity index (χ1v) is 11.2. The molecular formula is C21H23N3O2S2. The smallest absolute Gasteiger partial charge is 0.260 e. The van der Waals surface area contributed by atoms with Gasteiger partial charge in [-0.15, -0.1) is 11.3 Å². The number of nitrogens with zero attached hydrogens (tertiary/aromatic N) is 1. The zero-order valence-electron chi connectivity index (χ0n) is 16.0. The van der Waals surface area contributed by atoms with Gasteiger partial charge in [0.05, 0.1) is 10.6 Å². The van der Waals surface area contributed by atoms with Crippen LogP contribution in [0, 0.1) is 5.92 Å². The zero-order chi connectivity index (χ0) is 19.7. The van der Waals surface area contributed by atoms with Crippen molar-refractivity contribution in [3.05, 3.63) is 56.7 Å². The summed E-state index contributed by atoms with van der Waals surface area (Å²) in [5.74, 6) is 0.581. The van der Waals surface area contributed by atoms with Gasteiger partial charge in [0, 0.05) is 11.4 Å². The van der Waals surface area contributed by atoms with Crippen LogP contribution in [0.2, 0.25) is 0 Å². The highest BCUT2D eigenvalue weighted by Gasteiger charge is 2.24. The molecule has 0 spiro atoms. The molecule has 0 unspecified atom stereocenters. The molecule has 1 amide bonds. The number of thioether (sulfide) groups is 1. The van der Waals surface area contributed by atoms with Crippen molar-refractivity contribution in [3.8, 4) is 0 Å². The molecule has 146 valence electrons. The molecule has 4 rings (SSSR count). The summed E-state index contributed by atoms with van der Waals surface area (Å²) in [5.41, 5.74) is 2.15. The van der Waals surface area contributed by atoms with Crippen LogP contribution in [0.4, 0.5) is 0 Å².